The van der Waals surface area contributed by atoms with Gasteiger partial charge >= 0.3 is 5.97 Å². The minimum absolute atomic E-state index is 0.0480. The smallest absolute Gasteiger partial charge is 0.334 e. The third-order valence-electron chi connectivity index (χ3n) is 2.03. The summed E-state index contributed by atoms with van der Waals surface area (Å²) in [6.07, 6.45) is -1.61. The van der Waals surface area contributed by atoms with Gasteiger partial charge in [0.2, 0.25) is 5.91 Å². The van der Waals surface area contributed by atoms with Crippen LogP contribution >= 0.6 is 35.0 Å². The molecular weight excluding hydrogens is 313 g/mol. The van der Waals surface area contributed by atoms with Crippen molar-refractivity contribution in [3.8, 4) is 0 Å². The highest BCUT2D eigenvalue weighted by molar-refractivity contribution is 8.00. The summed E-state index contributed by atoms with van der Waals surface area (Å²) >= 11 is 12.9. The summed E-state index contributed by atoms with van der Waals surface area (Å²) in [5.41, 5.74) is 0. The van der Waals surface area contributed by atoms with Crippen molar-refractivity contribution < 1.29 is 19.8 Å². The minimum atomic E-state index is -1.61. The topological polar surface area (TPSA) is 86.6 Å². The molecular formula is C11H11Cl2NO4S. The van der Waals surface area contributed by atoms with E-state index in [1.165, 1.54) is 11.8 Å². The molecule has 1 atom stereocenters. The van der Waals surface area contributed by atoms with Crippen molar-refractivity contribution in [2.75, 3.05) is 12.3 Å². The maximum atomic E-state index is 11.4. The van der Waals surface area contributed by atoms with Gasteiger partial charge in [-0.2, -0.15) is 0 Å². The molecule has 0 aliphatic heterocycles. The first-order chi connectivity index (χ1) is 8.90. The van der Waals surface area contributed by atoms with Gasteiger partial charge in [0.15, 0.2) is 6.10 Å². The molecule has 1 amide bonds. The number of rotatable bonds is 6. The van der Waals surface area contributed by atoms with E-state index in [9.17, 15) is 9.59 Å². The number of aliphatic carboxylic acids is 1. The lowest BCUT2D eigenvalue weighted by atomic mass is 10.3. The zero-order valence-electron chi connectivity index (χ0n) is 9.60. The first-order valence-corrected chi connectivity index (χ1v) is 6.89. The summed E-state index contributed by atoms with van der Waals surface area (Å²) in [6, 6.07) is 4.89. The SMILES string of the molecule is O=C(CSc1cc(Cl)ccc1Cl)NC[C@H](O)C(=O)O. The Morgan fingerprint density at radius 1 is 1.37 bits per heavy atom. The lowest BCUT2D eigenvalue weighted by molar-refractivity contribution is -0.146. The van der Waals surface area contributed by atoms with Crippen LogP contribution in [0.15, 0.2) is 23.1 Å². The molecule has 8 heteroatoms. The second-order valence-corrected chi connectivity index (χ2v) is 5.38. The highest BCUT2D eigenvalue weighted by atomic mass is 35.5. The van der Waals surface area contributed by atoms with Gasteiger partial charge in [0.1, 0.15) is 0 Å². The number of aliphatic hydroxyl groups is 1. The van der Waals surface area contributed by atoms with Gasteiger partial charge in [-0.1, -0.05) is 23.2 Å². The first-order valence-electron chi connectivity index (χ1n) is 5.15. The molecule has 3 N–H and O–H groups in total. The van der Waals surface area contributed by atoms with Crippen LogP contribution in [0.1, 0.15) is 0 Å². The van der Waals surface area contributed by atoms with Gasteiger partial charge in [-0.05, 0) is 18.2 Å². The van der Waals surface area contributed by atoms with E-state index in [0.717, 1.165) is 0 Å². The number of benzene rings is 1. The lowest BCUT2D eigenvalue weighted by Gasteiger charge is -2.08. The van der Waals surface area contributed by atoms with Crippen LogP contribution < -0.4 is 5.32 Å². The number of carboxylic acids is 1. The fraction of sp³-hybridized carbons (Fsp3) is 0.273. The number of aliphatic hydroxyl groups excluding tert-OH is 1. The summed E-state index contributed by atoms with van der Waals surface area (Å²) in [4.78, 5) is 22.4. The average Bonchev–Trinajstić information content (AvgIpc) is 2.36. The van der Waals surface area contributed by atoms with Crippen molar-refractivity contribution in [1.29, 1.82) is 0 Å². The van der Waals surface area contributed by atoms with Crippen molar-refractivity contribution in [3.63, 3.8) is 0 Å². The molecule has 0 aliphatic carbocycles. The van der Waals surface area contributed by atoms with Crippen molar-refractivity contribution in [1.82, 2.24) is 5.32 Å². The largest absolute Gasteiger partial charge is 0.479 e. The van der Waals surface area contributed by atoms with Gasteiger partial charge in [-0.25, -0.2) is 4.79 Å². The zero-order valence-corrected chi connectivity index (χ0v) is 11.9. The molecule has 1 aromatic carbocycles. The molecule has 19 heavy (non-hydrogen) atoms. The normalized spacial score (nSPS) is 11.9. The van der Waals surface area contributed by atoms with Crippen LogP contribution in [0.2, 0.25) is 10.0 Å². The number of hydrogen-bond donors (Lipinski definition) is 3. The third-order valence-corrected chi connectivity index (χ3v) is 3.76. The van der Waals surface area contributed by atoms with Crippen LogP contribution in [-0.4, -0.2) is 40.5 Å². The van der Waals surface area contributed by atoms with E-state index in [4.69, 9.17) is 33.4 Å². The lowest BCUT2D eigenvalue weighted by Crippen LogP contribution is -2.37. The van der Waals surface area contributed by atoms with Crippen LogP contribution in [0, 0.1) is 0 Å². The Balaban J connectivity index is 2.42. The van der Waals surface area contributed by atoms with Crippen molar-refractivity contribution in [3.05, 3.63) is 28.2 Å². The number of thioether (sulfide) groups is 1. The Morgan fingerprint density at radius 2 is 2.05 bits per heavy atom. The molecule has 1 aromatic rings. The average molecular weight is 324 g/mol. The molecule has 104 valence electrons. The minimum Gasteiger partial charge on any atom is -0.479 e. The predicted molar refractivity (Wildman–Crippen MR) is 73.8 cm³/mol. The van der Waals surface area contributed by atoms with E-state index in [-0.39, 0.29) is 12.3 Å². The molecule has 0 aromatic heterocycles. The van der Waals surface area contributed by atoms with Gasteiger partial charge in [0.05, 0.1) is 17.3 Å². The van der Waals surface area contributed by atoms with Crippen LogP contribution in [0.4, 0.5) is 0 Å². The quantitative estimate of drug-likeness (QED) is 0.693. The zero-order chi connectivity index (χ0) is 14.4. The van der Waals surface area contributed by atoms with Crippen LogP contribution in [0.25, 0.3) is 0 Å². The van der Waals surface area contributed by atoms with Gasteiger partial charge in [-0.15, -0.1) is 11.8 Å². The Kier molecular flexibility index (Phi) is 6.44. The molecule has 0 unspecified atom stereocenters. The fourth-order valence-electron chi connectivity index (χ4n) is 1.08. The van der Waals surface area contributed by atoms with Crippen molar-refractivity contribution in [2.45, 2.75) is 11.0 Å². The van der Waals surface area contributed by atoms with Crippen molar-refractivity contribution >= 4 is 46.8 Å². The summed E-state index contributed by atoms with van der Waals surface area (Å²) in [5.74, 6) is -1.74. The monoisotopic (exact) mass is 323 g/mol. The number of carboxylic acid groups (broad SMARTS) is 1. The molecule has 1 rings (SSSR count). The number of carbonyl (C=O) groups is 2. The fourth-order valence-corrected chi connectivity index (χ4v) is 2.40. The standard InChI is InChI=1S/C11H11Cl2NO4S/c12-6-1-2-7(13)9(3-6)19-5-10(16)14-4-8(15)11(17)18/h1-3,8,15H,4-5H2,(H,14,16)(H,17,18)/t8-/m0/s1. The summed E-state index contributed by atoms with van der Waals surface area (Å²) in [6.45, 7) is -0.335. The summed E-state index contributed by atoms with van der Waals surface area (Å²) < 4.78 is 0. The van der Waals surface area contributed by atoms with Gasteiger partial charge in [-0.3, -0.25) is 4.79 Å². The van der Waals surface area contributed by atoms with Gasteiger partial charge < -0.3 is 15.5 Å². The second-order valence-electron chi connectivity index (χ2n) is 3.52. The molecule has 0 radical (unpaired) electrons. The van der Waals surface area contributed by atoms with Crippen molar-refractivity contribution in [2.24, 2.45) is 0 Å². The van der Waals surface area contributed by atoms with E-state index in [1.54, 1.807) is 18.2 Å². The van der Waals surface area contributed by atoms with Crippen LogP contribution in [0.5, 0.6) is 0 Å². The second kappa shape index (κ2) is 7.59. The summed E-state index contributed by atoms with van der Waals surface area (Å²) in [7, 11) is 0. The molecule has 0 saturated heterocycles. The van der Waals surface area contributed by atoms with E-state index < -0.39 is 18.0 Å². The molecule has 0 spiro atoms. The van der Waals surface area contributed by atoms with E-state index in [1.807, 2.05) is 0 Å². The first kappa shape index (κ1) is 16.1. The Morgan fingerprint density at radius 3 is 2.68 bits per heavy atom. The van der Waals surface area contributed by atoms with E-state index >= 15 is 0 Å². The van der Waals surface area contributed by atoms with Crippen LogP contribution in [0.3, 0.4) is 0 Å². The molecule has 0 bridgehead atoms. The Bertz CT molecular complexity index is 484. The highest BCUT2D eigenvalue weighted by Crippen LogP contribution is 2.29. The Hall–Kier alpha value is -0.950. The molecule has 0 fully saturated rings. The third kappa shape index (κ3) is 5.69. The van der Waals surface area contributed by atoms with E-state index in [2.05, 4.69) is 5.32 Å². The number of nitrogens with one attached hydrogen (secondary N) is 1. The highest BCUT2D eigenvalue weighted by Gasteiger charge is 2.14. The number of halogens is 2. The molecule has 0 aliphatic rings. The van der Waals surface area contributed by atoms with E-state index in [0.29, 0.717) is 14.9 Å². The molecule has 0 heterocycles. The van der Waals surface area contributed by atoms with Crippen LogP contribution in [-0.2, 0) is 9.59 Å². The molecule has 0 saturated carbocycles. The predicted octanol–water partition coefficient (Wildman–Crippen LogP) is 1.65. The molecule has 5 nitrogen and oxygen atoms in total. The maximum Gasteiger partial charge on any atom is 0.334 e. The Labute approximate surface area is 123 Å². The number of hydrogen-bond acceptors (Lipinski definition) is 4. The van der Waals surface area contributed by atoms with Gasteiger partial charge in [0, 0.05) is 9.92 Å². The van der Waals surface area contributed by atoms with Gasteiger partial charge in [0.25, 0.3) is 0 Å². The maximum absolute atomic E-state index is 11.4. The number of amides is 1. The summed E-state index contributed by atoms with van der Waals surface area (Å²) in [5, 5.41) is 20.7. The number of carbonyl (C=O) groups excluding carboxylic acids is 1.